The second-order valence-electron chi connectivity index (χ2n) is 4.77. The highest BCUT2D eigenvalue weighted by Gasteiger charge is 2.17. The Hall–Kier alpha value is -2.40. The minimum Gasteiger partial charge on any atom is -0.318 e. The van der Waals surface area contributed by atoms with Crippen LogP contribution in [0.3, 0.4) is 0 Å². The van der Waals surface area contributed by atoms with E-state index in [-0.39, 0.29) is 11.1 Å². The number of amides is 1. The molecule has 0 atom stereocenters. The van der Waals surface area contributed by atoms with Crippen LogP contribution in [0.4, 0.5) is 5.69 Å². The lowest BCUT2D eigenvalue weighted by Gasteiger charge is -2.07. The van der Waals surface area contributed by atoms with Gasteiger partial charge in [0.05, 0.1) is 11.4 Å². The first-order valence-electron chi connectivity index (χ1n) is 6.43. The van der Waals surface area contributed by atoms with Gasteiger partial charge in [-0.2, -0.15) is 0 Å². The third kappa shape index (κ3) is 2.48. The Kier molecular flexibility index (Phi) is 3.35. The maximum absolute atomic E-state index is 12.5. The van der Waals surface area contributed by atoms with E-state index in [0.29, 0.717) is 17.1 Å². The minimum absolute atomic E-state index is 0.258. The molecule has 0 fully saturated rings. The summed E-state index contributed by atoms with van der Waals surface area (Å²) >= 11 is 5.96. The molecule has 0 spiro atoms. The van der Waals surface area contributed by atoms with Crippen molar-refractivity contribution in [3.8, 4) is 0 Å². The van der Waals surface area contributed by atoms with Crippen molar-refractivity contribution < 1.29 is 4.79 Å². The van der Waals surface area contributed by atoms with E-state index in [4.69, 9.17) is 11.6 Å². The highest BCUT2D eigenvalue weighted by molar-refractivity contribution is 6.32. The number of aromatic nitrogens is 3. The molecule has 3 heterocycles. The smallest absolute Gasteiger partial charge is 0.274 e. The molecule has 0 bridgehead atoms. The van der Waals surface area contributed by atoms with E-state index >= 15 is 0 Å². The Balaban J connectivity index is 2.02. The molecule has 0 aliphatic rings. The first kappa shape index (κ1) is 13.6. The Bertz CT molecular complexity index is 841. The van der Waals surface area contributed by atoms with Crippen LogP contribution in [0.2, 0.25) is 5.15 Å². The molecule has 0 unspecified atom stereocenters. The lowest BCUT2D eigenvalue weighted by atomic mass is 10.3. The largest absolute Gasteiger partial charge is 0.318 e. The zero-order valence-corrected chi connectivity index (χ0v) is 12.3. The highest BCUT2D eigenvalue weighted by atomic mass is 35.5. The molecule has 0 aliphatic heterocycles. The number of rotatable bonds is 2. The number of aryl methyl sites for hydroxylation is 2. The summed E-state index contributed by atoms with van der Waals surface area (Å²) in [4.78, 5) is 20.8. The molecule has 3 aromatic heterocycles. The van der Waals surface area contributed by atoms with Crippen LogP contribution in [0.1, 0.15) is 21.7 Å². The SMILES string of the molecule is Cc1ccn2c(C(=O)Nc3cccnc3Cl)c(C)nc2c1. The van der Waals surface area contributed by atoms with E-state index in [1.54, 1.807) is 22.7 Å². The summed E-state index contributed by atoms with van der Waals surface area (Å²) in [7, 11) is 0. The monoisotopic (exact) mass is 300 g/mol. The molecule has 1 N–H and O–H groups in total. The minimum atomic E-state index is -0.265. The number of fused-ring (bicyclic) bond motifs is 1. The lowest BCUT2D eigenvalue weighted by molar-refractivity contribution is 0.102. The van der Waals surface area contributed by atoms with Gasteiger partial charge in [-0.1, -0.05) is 11.6 Å². The zero-order valence-electron chi connectivity index (χ0n) is 11.6. The number of nitrogens with zero attached hydrogens (tertiary/aromatic N) is 3. The summed E-state index contributed by atoms with van der Waals surface area (Å²) in [6.45, 7) is 3.79. The number of carbonyl (C=O) groups is 1. The van der Waals surface area contributed by atoms with Gasteiger partial charge in [-0.15, -0.1) is 0 Å². The van der Waals surface area contributed by atoms with E-state index in [0.717, 1.165) is 11.2 Å². The zero-order chi connectivity index (χ0) is 15.0. The van der Waals surface area contributed by atoms with E-state index in [1.807, 2.05) is 32.2 Å². The van der Waals surface area contributed by atoms with Crippen LogP contribution in [0.5, 0.6) is 0 Å². The Morgan fingerprint density at radius 1 is 1.33 bits per heavy atom. The Labute approximate surface area is 126 Å². The van der Waals surface area contributed by atoms with Crippen molar-refractivity contribution in [1.82, 2.24) is 14.4 Å². The van der Waals surface area contributed by atoms with E-state index < -0.39 is 0 Å². The van der Waals surface area contributed by atoms with Crippen molar-refractivity contribution in [2.45, 2.75) is 13.8 Å². The summed E-state index contributed by atoms with van der Waals surface area (Å²) in [6.07, 6.45) is 3.41. The second kappa shape index (κ2) is 5.18. The fraction of sp³-hybridized carbons (Fsp3) is 0.133. The maximum Gasteiger partial charge on any atom is 0.274 e. The number of hydrogen-bond acceptors (Lipinski definition) is 3. The van der Waals surface area contributed by atoms with Gasteiger partial charge in [0.1, 0.15) is 11.3 Å². The van der Waals surface area contributed by atoms with Gasteiger partial charge >= 0.3 is 0 Å². The second-order valence-corrected chi connectivity index (χ2v) is 5.13. The molecule has 6 heteroatoms. The first-order valence-corrected chi connectivity index (χ1v) is 6.81. The van der Waals surface area contributed by atoms with E-state index in [1.165, 1.54) is 0 Å². The van der Waals surface area contributed by atoms with Gasteiger partial charge < -0.3 is 5.32 Å². The number of halogens is 1. The summed E-state index contributed by atoms with van der Waals surface area (Å²) < 4.78 is 1.77. The molecule has 0 aliphatic carbocycles. The molecule has 1 amide bonds. The highest BCUT2D eigenvalue weighted by Crippen LogP contribution is 2.20. The van der Waals surface area contributed by atoms with Crippen LogP contribution in [0, 0.1) is 13.8 Å². The van der Waals surface area contributed by atoms with Crippen molar-refractivity contribution in [2.75, 3.05) is 5.32 Å². The molecule has 106 valence electrons. The van der Waals surface area contributed by atoms with Crippen LogP contribution >= 0.6 is 11.6 Å². The average molecular weight is 301 g/mol. The maximum atomic E-state index is 12.5. The fourth-order valence-electron chi connectivity index (χ4n) is 2.20. The fourth-order valence-corrected chi connectivity index (χ4v) is 2.37. The Morgan fingerprint density at radius 2 is 2.14 bits per heavy atom. The molecule has 3 aromatic rings. The van der Waals surface area contributed by atoms with Crippen LogP contribution in [-0.2, 0) is 0 Å². The van der Waals surface area contributed by atoms with Gasteiger partial charge in [0.15, 0.2) is 5.15 Å². The summed E-state index contributed by atoms with van der Waals surface area (Å²) in [5, 5.41) is 3.02. The molecule has 5 nitrogen and oxygen atoms in total. The number of carbonyl (C=O) groups excluding carboxylic acids is 1. The van der Waals surface area contributed by atoms with Crippen molar-refractivity contribution in [2.24, 2.45) is 0 Å². The molecule has 0 saturated heterocycles. The molecule has 0 saturated carbocycles. The molecule has 0 radical (unpaired) electrons. The summed E-state index contributed by atoms with van der Waals surface area (Å²) in [5.74, 6) is -0.265. The molecular formula is C15H13ClN4O. The van der Waals surface area contributed by atoms with Crippen molar-refractivity contribution >= 4 is 28.8 Å². The molecule has 3 rings (SSSR count). The van der Waals surface area contributed by atoms with Gasteiger partial charge in [0.25, 0.3) is 5.91 Å². The van der Waals surface area contributed by atoms with E-state index in [2.05, 4.69) is 15.3 Å². The van der Waals surface area contributed by atoms with Crippen LogP contribution in [0.25, 0.3) is 5.65 Å². The lowest BCUT2D eigenvalue weighted by Crippen LogP contribution is -2.16. The molecule has 0 aromatic carbocycles. The van der Waals surface area contributed by atoms with Crippen molar-refractivity contribution in [1.29, 1.82) is 0 Å². The summed E-state index contributed by atoms with van der Waals surface area (Å²) in [5.41, 5.74) is 3.47. The third-order valence-electron chi connectivity index (χ3n) is 3.18. The van der Waals surface area contributed by atoms with Gasteiger partial charge in [0, 0.05) is 12.4 Å². The molecular weight excluding hydrogens is 288 g/mol. The average Bonchev–Trinajstić information content (AvgIpc) is 2.76. The summed E-state index contributed by atoms with van der Waals surface area (Å²) in [6, 6.07) is 7.28. The topological polar surface area (TPSA) is 59.3 Å². The van der Waals surface area contributed by atoms with Crippen molar-refractivity contribution in [3.05, 3.63) is 58.8 Å². The normalized spacial score (nSPS) is 10.8. The van der Waals surface area contributed by atoms with Crippen LogP contribution in [-0.4, -0.2) is 20.3 Å². The van der Waals surface area contributed by atoms with Gasteiger partial charge in [-0.3, -0.25) is 9.20 Å². The number of imidazole rings is 1. The third-order valence-corrected chi connectivity index (χ3v) is 3.48. The van der Waals surface area contributed by atoms with Gasteiger partial charge in [0.2, 0.25) is 0 Å². The van der Waals surface area contributed by atoms with Crippen LogP contribution < -0.4 is 5.32 Å². The number of nitrogens with one attached hydrogen (secondary N) is 1. The van der Waals surface area contributed by atoms with Gasteiger partial charge in [-0.05, 0) is 43.7 Å². The molecule has 21 heavy (non-hydrogen) atoms. The van der Waals surface area contributed by atoms with Gasteiger partial charge in [-0.25, -0.2) is 9.97 Å². The quantitative estimate of drug-likeness (QED) is 0.739. The number of hydrogen-bond donors (Lipinski definition) is 1. The Morgan fingerprint density at radius 3 is 2.90 bits per heavy atom. The number of pyridine rings is 2. The van der Waals surface area contributed by atoms with Crippen LogP contribution in [0.15, 0.2) is 36.7 Å². The predicted molar refractivity (Wildman–Crippen MR) is 81.9 cm³/mol. The van der Waals surface area contributed by atoms with Crippen molar-refractivity contribution in [3.63, 3.8) is 0 Å². The van der Waals surface area contributed by atoms with E-state index in [9.17, 15) is 4.79 Å². The predicted octanol–water partition coefficient (Wildman–Crippen LogP) is 3.25. The standard InChI is InChI=1S/C15H13ClN4O/c1-9-5-7-20-12(8-9)18-10(2)13(20)15(21)19-11-4-3-6-17-14(11)16/h3-8H,1-2H3,(H,19,21). The first-order chi connectivity index (χ1) is 10.1. The number of anilines is 1.